The molecule has 0 radical (unpaired) electrons. The Bertz CT molecular complexity index is 552. The van der Waals surface area contributed by atoms with Crippen LogP contribution in [0.1, 0.15) is 11.6 Å². The van der Waals surface area contributed by atoms with E-state index in [0.717, 1.165) is 0 Å². The van der Waals surface area contributed by atoms with Gasteiger partial charge in [-0.1, -0.05) is 18.2 Å². The van der Waals surface area contributed by atoms with E-state index in [-0.39, 0.29) is 18.3 Å². The fourth-order valence-corrected chi connectivity index (χ4v) is 3.99. The van der Waals surface area contributed by atoms with E-state index in [1.54, 1.807) is 36.2 Å². The molecule has 92 valence electrons. The molecule has 1 heterocycles. The Balaban J connectivity index is 2.38. The minimum absolute atomic E-state index is 0.0455. The molecule has 1 aromatic carbocycles. The zero-order valence-corrected chi connectivity index (χ0v) is 10.1. The first-order valence-electron chi connectivity index (χ1n) is 5.15. The monoisotopic (exact) mass is 255 g/mol. The van der Waals surface area contributed by atoms with E-state index in [1.165, 1.54) is 0 Å². The molecule has 0 spiro atoms. The average Bonchev–Trinajstić information content (AvgIpc) is 2.51. The van der Waals surface area contributed by atoms with Gasteiger partial charge in [0.25, 0.3) is 0 Å². The SMILES string of the molecule is CN(CC(=O)O)C1CS(=O)(=O)c2ccccc21. The van der Waals surface area contributed by atoms with Gasteiger partial charge in [-0.3, -0.25) is 9.69 Å². The first-order valence-corrected chi connectivity index (χ1v) is 6.81. The maximum absolute atomic E-state index is 11.9. The van der Waals surface area contributed by atoms with Crippen molar-refractivity contribution in [2.45, 2.75) is 10.9 Å². The second-order valence-corrected chi connectivity index (χ2v) is 6.15. The number of hydrogen-bond acceptors (Lipinski definition) is 4. The van der Waals surface area contributed by atoms with E-state index in [9.17, 15) is 13.2 Å². The quantitative estimate of drug-likeness (QED) is 0.852. The van der Waals surface area contributed by atoms with E-state index in [2.05, 4.69) is 0 Å². The average molecular weight is 255 g/mol. The molecule has 0 aliphatic carbocycles. The second kappa shape index (κ2) is 4.12. The largest absolute Gasteiger partial charge is 0.480 e. The standard InChI is InChI=1S/C11H13NO4S/c1-12(6-11(13)14)9-7-17(15,16)10-5-3-2-4-8(9)10/h2-5,9H,6-7H2,1H3,(H,13,14). The Morgan fingerprint density at radius 3 is 2.76 bits per heavy atom. The number of nitrogens with zero attached hydrogens (tertiary/aromatic N) is 1. The molecule has 0 saturated carbocycles. The zero-order chi connectivity index (χ0) is 12.6. The van der Waals surface area contributed by atoms with Crippen molar-refractivity contribution in [2.75, 3.05) is 19.3 Å². The summed E-state index contributed by atoms with van der Waals surface area (Å²) in [4.78, 5) is 12.5. The third-order valence-electron chi connectivity index (χ3n) is 2.91. The maximum Gasteiger partial charge on any atom is 0.317 e. The molecule has 0 amide bonds. The Kier molecular flexibility index (Phi) is 2.92. The van der Waals surface area contributed by atoms with Crippen molar-refractivity contribution < 1.29 is 18.3 Å². The number of rotatable bonds is 3. The third kappa shape index (κ3) is 2.18. The number of likely N-dealkylation sites (N-methyl/N-ethyl adjacent to an activating group) is 1. The van der Waals surface area contributed by atoms with Crippen molar-refractivity contribution in [3.63, 3.8) is 0 Å². The molecule has 0 saturated heterocycles. The van der Waals surface area contributed by atoms with Gasteiger partial charge < -0.3 is 5.11 Å². The normalized spacial score (nSPS) is 21.4. The van der Waals surface area contributed by atoms with E-state index in [4.69, 9.17) is 5.11 Å². The van der Waals surface area contributed by atoms with Crippen molar-refractivity contribution in [2.24, 2.45) is 0 Å². The minimum Gasteiger partial charge on any atom is -0.480 e. The molecule has 1 N–H and O–H groups in total. The Labute approximate surface area is 99.6 Å². The molecule has 0 bridgehead atoms. The molecule has 6 heteroatoms. The highest BCUT2D eigenvalue weighted by Crippen LogP contribution is 2.35. The summed E-state index contributed by atoms with van der Waals surface area (Å²) in [5.41, 5.74) is 0.691. The van der Waals surface area contributed by atoms with Crippen molar-refractivity contribution in [1.82, 2.24) is 4.90 Å². The Hall–Kier alpha value is -1.40. The molecule has 1 aliphatic rings. The predicted octanol–water partition coefficient (Wildman–Crippen LogP) is 0.531. The molecule has 0 aromatic heterocycles. The van der Waals surface area contributed by atoms with Crippen molar-refractivity contribution >= 4 is 15.8 Å². The summed E-state index contributed by atoms with van der Waals surface area (Å²) >= 11 is 0. The van der Waals surface area contributed by atoms with Gasteiger partial charge in [0.1, 0.15) is 0 Å². The van der Waals surface area contributed by atoms with Gasteiger partial charge in [-0.15, -0.1) is 0 Å². The van der Waals surface area contributed by atoms with Crippen LogP contribution in [0.15, 0.2) is 29.2 Å². The van der Waals surface area contributed by atoms with E-state index >= 15 is 0 Å². The Morgan fingerprint density at radius 1 is 1.47 bits per heavy atom. The number of hydrogen-bond donors (Lipinski definition) is 1. The van der Waals surface area contributed by atoms with E-state index in [0.29, 0.717) is 10.5 Å². The van der Waals surface area contributed by atoms with Crippen LogP contribution >= 0.6 is 0 Å². The molecule has 17 heavy (non-hydrogen) atoms. The summed E-state index contributed by atoms with van der Waals surface area (Å²) in [6, 6.07) is 6.38. The minimum atomic E-state index is -3.27. The topological polar surface area (TPSA) is 74.7 Å². The van der Waals surface area contributed by atoms with Gasteiger partial charge >= 0.3 is 5.97 Å². The van der Waals surface area contributed by atoms with Gasteiger partial charge in [0.05, 0.1) is 23.2 Å². The first kappa shape index (κ1) is 12.1. The lowest BCUT2D eigenvalue weighted by atomic mass is 10.1. The number of carboxylic acids is 1. The van der Waals surface area contributed by atoms with Gasteiger partial charge in [0, 0.05) is 0 Å². The lowest BCUT2D eigenvalue weighted by molar-refractivity contribution is -0.138. The molecule has 1 aliphatic heterocycles. The van der Waals surface area contributed by atoms with Crippen LogP contribution < -0.4 is 0 Å². The Morgan fingerprint density at radius 2 is 2.12 bits per heavy atom. The van der Waals surface area contributed by atoms with Crippen LogP contribution in [-0.4, -0.2) is 43.7 Å². The number of carbonyl (C=O) groups is 1. The van der Waals surface area contributed by atoms with Crippen LogP contribution in [-0.2, 0) is 14.6 Å². The van der Waals surface area contributed by atoms with Crippen molar-refractivity contribution in [3.05, 3.63) is 29.8 Å². The van der Waals surface area contributed by atoms with Crippen LogP contribution in [0.5, 0.6) is 0 Å². The summed E-state index contributed by atoms with van der Waals surface area (Å²) in [5, 5.41) is 8.73. The number of sulfone groups is 1. The highest BCUT2D eigenvalue weighted by molar-refractivity contribution is 7.91. The number of carboxylic acid groups (broad SMARTS) is 1. The molecule has 5 nitrogen and oxygen atoms in total. The molecule has 1 aromatic rings. The summed E-state index contributed by atoms with van der Waals surface area (Å²) in [5.74, 6) is -1.01. The second-order valence-electron chi connectivity index (χ2n) is 4.14. The van der Waals surface area contributed by atoms with Crippen LogP contribution in [0.2, 0.25) is 0 Å². The summed E-state index contributed by atoms with van der Waals surface area (Å²) in [6.45, 7) is -0.172. The smallest absolute Gasteiger partial charge is 0.317 e. The summed E-state index contributed by atoms with van der Waals surface area (Å²) in [6.07, 6.45) is 0. The summed E-state index contributed by atoms with van der Waals surface area (Å²) < 4.78 is 23.8. The molecule has 1 atom stereocenters. The molecular formula is C11H13NO4S. The van der Waals surface area contributed by atoms with Crippen molar-refractivity contribution in [1.29, 1.82) is 0 Å². The van der Waals surface area contributed by atoms with E-state index in [1.807, 2.05) is 0 Å². The fourth-order valence-electron chi connectivity index (χ4n) is 2.11. The van der Waals surface area contributed by atoms with Gasteiger partial charge in [0.2, 0.25) is 0 Å². The zero-order valence-electron chi connectivity index (χ0n) is 9.33. The maximum atomic E-state index is 11.9. The molecule has 0 fully saturated rings. The van der Waals surface area contributed by atoms with Gasteiger partial charge in [-0.25, -0.2) is 8.42 Å². The first-order chi connectivity index (χ1) is 7.92. The number of benzene rings is 1. The van der Waals surface area contributed by atoms with Crippen LogP contribution in [0.25, 0.3) is 0 Å². The molecular weight excluding hydrogens is 242 g/mol. The lowest BCUT2D eigenvalue weighted by Crippen LogP contribution is -2.31. The highest BCUT2D eigenvalue weighted by atomic mass is 32.2. The van der Waals surface area contributed by atoms with Crippen LogP contribution in [0, 0.1) is 0 Å². The molecule has 2 rings (SSSR count). The summed E-state index contributed by atoms with van der Waals surface area (Å²) in [7, 11) is -1.65. The van der Waals surface area contributed by atoms with Gasteiger partial charge in [0.15, 0.2) is 9.84 Å². The third-order valence-corrected chi connectivity index (χ3v) is 4.70. The molecule has 1 unspecified atom stereocenters. The van der Waals surface area contributed by atoms with Crippen molar-refractivity contribution in [3.8, 4) is 0 Å². The fraction of sp³-hybridized carbons (Fsp3) is 0.364. The number of aliphatic carboxylic acids is 1. The van der Waals surface area contributed by atoms with Gasteiger partial charge in [-0.2, -0.15) is 0 Å². The lowest BCUT2D eigenvalue weighted by Gasteiger charge is -2.21. The number of fused-ring (bicyclic) bond motifs is 1. The highest BCUT2D eigenvalue weighted by Gasteiger charge is 2.36. The van der Waals surface area contributed by atoms with Gasteiger partial charge in [-0.05, 0) is 18.7 Å². The van der Waals surface area contributed by atoms with Crippen LogP contribution in [0.4, 0.5) is 0 Å². The van der Waals surface area contributed by atoms with E-state index < -0.39 is 15.8 Å². The predicted molar refractivity (Wildman–Crippen MR) is 61.5 cm³/mol. The van der Waals surface area contributed by atoms with Crippen LogP contribution in [0.3, 0.4) is 0 Å².